The number of carbonyl (C=O) groups is 1. The van der Waals surface area contributed by atoms with Crippen molar-refractivity contribution < 1.29 is 4.79 Å². The number of halogens is 1. The van der Waals surface area contributed by atoms with Crippen LogP contribution in [0.3, 0.4) is 0 Å². The van der Waals surface area contributed by atoms with Gasteiger partial charge in [0.2, 0.25) is 0 Å². The molecule has 3 nitrogen and oxygen atoms in total. The van der Waals surface area contributed by atoms with Crippen molar-refractivity contribution in [2.45, 2.75) is 12.8 Å². The van der Waals surface area contributed by atoms with Gasteiger partial charge in [0.1, 0.15) is 0 Å². The quantitative estimate of drug-likeness (QED) is 0.819. The number of ketones is 1. The average Bonchev–Trinajstić information content (AvgIpc) is 2.39. The van der Waals surface area contributed by atoms with Crippen LogP contribution in [0, 0.1) is 17.2 Å². The van der Waals surface area contributed by atoms with Crippen LogP contribution < -0.4 is 5.32 Å². The minimum absolute atomic E-state index is 0. The highest BCUT2D eigenvalue weighted by atomic mass is 35.5. The number of hydrogen-bond donors (Lipinski definition) is 1. The second-order valence-corrected chi connectivity index (χ2v) is 4.08. The average molecular weight is 251 g/mol. The van der Waals surface area contributed by atoms with Crippen molar-refractivity contribution >= 4 is 18.2 Å². The molecule has 17 heavy (non-hydrogen) atoms. The van der Waals surface area contributed by atoms with Crippen LogP contribution in [-0.4, -0.2) is 18.9 Å². The molecule has 2 rings (SSSR count). The highest BCUT2D eigenvalue weighted by Crippen LogP contribution is 2.18. The number of rotatable bonds is 2. The minimum atomic E-state index is 0. The van der Waals surface area contributed by atoms with Crippen LogP contribution in [0.4, 0.5) is 0 Å². The Kier molecular flexibility index (Phi) is 5.14. The van der Waals surface area contributed by atoms with E-state index in [0.717, 1.165) is 25.9 Å². The lowest BCUT2D eigenvalue weighted by Gasteiger charge is -2.21. The number of Topliss-reactive ketones (excluding diaryl/α,β-unsaturated/α-hetero) is 1. The number of nitriles is 1. The Bertz CT molecular complexity index is 433. The lowest BCUT2D eigenvalue weighted by molar-refractivity contribution is 0.0895. The highest BCUT2D eigenvalue weighted by Gasteiger charge is 2.22. The van der Waals surface area contributed by atoms with Crippen molar-refractivity contribution in [2.75, 3.05) is 13.1 Å². The molecule has 90 valence electrons. The fourth-order valence-electron chi connectivity index (χ4n) is 2.06. The van der Waals surface area contributed by atoms with Gasteiger partial charge >= 0.3 is 0 Å². The Labute approximate surface area is 107 Å². The lowest BCUT2D eigenvalue weighted by Crippen LogP contribution is -2.31. The number of benzene rings is 1. The van der Waals surface area contributed by atoms with Crippen LogP contribution in [-0.2, 0) is 0 Å². The van der Waals surface area contributed by atoms with Crippen LogP contribution in [0.2, 0.25) is 0 Å². The maximum absolute atomic E-state index is 12.1. The predicted molar refractivity (Wildman–Crippen MR) is 68.3 cm³/mol. The van der Waals surface area contributed by atoms with E-state index in [0.29, 0.717) is 11.1 Å². The summed E-state index contributed by atoms with van der Waals surface area (Å²) in [6, 6.07) is 9.03. The Morgan fingerprint density at radius 2 is 2.06 bits per heavy atom. The molecule has 1 N–H and O–H groups in total. The molecule has 1 aromatic rings. The van der Waals surface area contributed by atoms with E-state index in [4.69, 9.17) is 5.26 Å². The van der Waals surface area contributed by atoms with Gasteiger partial charge in [-0.1, -0.05) is 12.1 Å². The molecular weight excluding hydrogens is 236 g/mol. The van der Waals surface area contributed by atoms with Crippen LogP contribution in [0.1, 0.15) is 28.8 Å². The van der Waals surface area contributed by atoms with Crippen LogP contribution in [0.5, 0.6) is 0 Å². The minimum Gasteiger partial charge on any atom is -0.317 e. The second-order valence-electron chi connectivity index (χ2n) is 4.08. The second kappa shape index (κ2) is 6.39. The predicted octanol–water partition coefficient (Wildman–Crippen LogP) is 2.16. The summed E-state index contributed by atoms with van der Waals surface area (Å²) in [5, 5.41) is 12.0. The summed E-state index contributed by atoms with van der Waals surface area (Å²) in [4.78, 5) is 12.1. The standard InChI is InChI=1S/C13H14N2O.ClH/c14-9-10-2-1-3-12(8-10)13(16)11-4-6-15-7-5-11;/h1-3,8,11,15H,4-7H2;1H. The number of carbonyl (C=O) groups excluding carboxylic acids is 1. The summed E-state index contributed by atoms with van der Waals surface area (Å²) >= 11 is 0. The van der Waals surface area contributed by atoms with E-state index in [1.807, 2.05) is 0 Å². The van der Waals surface area contributed by atoms with E-state index in [1.54, 1.807) is 24.3 Å². The topological polar surface area (TPSA) is 52.9 Å². The monoisotopic (exact) mass is 250 g/mol. The van der Waals surface area contributed by atoms with Crippen molar-refractivity contribution in [3.8, 4) is 6.07 Å². The molecule has 1 saturated heterocycles. The molecule has 1 aliphatic heterocycles. The van der Waals surface area contributed by atoms with E-state index in [1.165, 1.54) is 0 Å². The SMILES string of the molecule is Cl.N#Cc1cccc(C(=O)C2CCNCC2)c1. The van der Waals surface area contributed by atoms with Crippen molar-refractivity contribution in [3.63, 3.8) is 0 Å². The maximum Gasteiger partial charge on any atom is 0.166 e. The van der Waals surface area contributed by atoms with Crippen LogP contribution in [0.15, 0.2) is 24.3 Å². The first kappa shape index (κ1) is 13.7. The molecule has 0 amide bonds. The molecule has 0 spiro atoms. The fraction of sp³-hybridized carbons (Fsp3) is 0.385. The fourth-order valence-corrected chi connectivity index (χ4v) is 2.06. The number of piperidine rings is 1. The summed E-state index contributed by atoms with van der Waals surface area (Å²) in [5.41, 5.74) is 1.23. The summed E-state index contributed by atoms with van der Waals surface area (Å²) < 4.78 is 0. The van der Waals surface area contributed by atoms with Gasteiger partial charge in [0.15, 0.2) is 5.78 Å². The molecule has 0 radical (unpaired) electrons. The van der Waals surface area contributed by atoms with Gasteiger partial charge in [-0.25, -0.2) is 0 Å². The van der Waals surface area contributed by atoms with Crippen LogP contribution >= 0.6 is 12.4 Å². The zero-order valence-corrected chi connectivity index (χ0v) is 10.3. The zero-order valence-electron chi connectivity index (χ0n) is 9.48. The molecule has 0 aromatic heterocycles. The summed E-state index contributed by atoms with van der Waals surface area (Å²) in [6.07, 6.45) is 1.80. The van der Waals surface area contributed by atoms with Crippen molar-refractivity contribution in [1.82, 2.24) is 5.32 Å². The molecule has 4 heteroatoms. The van der Waals surface area contributed by atoms with E-state index >= 15 is 0 Å². The Morgan fingerprint density at radius 1 is 1.35 bits per heavy atom. The molecule has 1 fully saturated rings. The van der Waals surface area contributed by atoms with Crippen molar-refractivity contribution in [1.29, 1.82) is 5.26 Å². The summed E-state index contributed by atoms with van der Waals surface area (Å²) in [5.74, 6) is 0.300. The smallest absolute Gasteiger partial charge is 0.166 e. The van der Waals surface area contributed by atoms with Gasteiger partial charge < -0.3 is 5.32 Å². The molecule has 0 bridgehead atoms. The van der Waals surface area contributed by atoms with Gasteiger partial charge in [0, 0.05) is 11.5 Å². The Hall–Kier alpha value is -1.37. The van der Waals surface area contributed by atoms with Crippen LogP contribution in [0.25, 0.3) is 0 Å². The molecule has 0 atom stereocenters. The first-order valence-electron chi connectivity index (χ1n) is 5.56. The van der Waals surface area contributed by atoms with Gasteiger partial charge in [-0.3, -0.25) is 4.79 Å². The molecule has 1 aromatic carbocycles. The first-order valence-corrected chi connectivity index (χ1v) is 5.56. The van der Waals surface area contributed by atoms with Crippen molar-refractivity contribution in [2.24, 2.45) is 5.92 Å². The molecule has 0 aliphatic carbocycles. The molecular formula is C13H15ClN2O. The van der Waals surface area contributed by atoms with Gasteiger partial charge in [0.25, 0.3) is 0 Å². The Balaban J connectivity index is 0.00000144. The van der Waals surface area contributed by atoms with E-state index < -0.39 is 0 Å². The van der Waals surface area contributed by atoms with E-state index in [9.17, 15) is 4.79 Å². The first-order chi connectivity index (χ1) is 7.81. The van der Waals surface area contributed by atoms with Gasteiger partial charge in [0.05, 0.1) is 11.6 Å². The third-order valence-corrected chi connectivity index (χ3v) is 2.99. The number of hydrogen-bond acceptors (Lipinski definition) is 3. The molecule has 0 saturated carbocycles. The largest absolute Gasteiger partial charge is 0.317 e. The molecule has 1 heterocycles. The number of nitrogens with one attached hydrogen (secondary N) is 1. The zero-order chi connectivity index (χ0) is 11.4. The molecule has 0 unspecified atom stereocenters. The summed E-state index contributed by atoms with van der Waals surface area (Å²) in [6.45, 7) is 1.82. The van der Waals surface area contributed by atoms with Gasteiger partial charge in [-0.05, 0) is 38.1 Å². The van der Waals surface area contributed by atoms with Gasteiger partial charge in [-0.15, -0.1) is 12.4 Å². The normalized spacial score (nSPS) is 15.7. The van der Waals surface area contributed by atoms with E-state index in [-0.39, 0.29) is 24.1 Å². The third-order valence-electron chi connectivity index (χ3n) is 2.99. The number of nitrogens with zero attached hydrogens (tertiary/aromatic N) is 1. The maximum atomic E-state index is 12.1. The molecule has 1 aliphatic rings. The highest BCUT2D eigenvalue weighted by molar-refractivity contribution is 5.98. The van der Waals surface area contributed by atoms with Crippen molar-refractivity contribution in [3.05, 3.63) is 35.4 Å². The van der Waals surface area contributed by atoms with Gasteiger partial charge in [-0.2, -0.15) is 5.26 Å². The third kappa shape index (κ3) is 3.29. The lowest BCUT2D eigenvalue weighted by atomic mass is 9.89. The summed E-state index contributed by atoms with van der Waals surface area (Å²) in [7, 11) is 0. The Morgan fingerprint density at radius 3 is 2.71 bits per heavy atom. The van der Waals surface area contributed by atoms with E-state index in [2.05, 4.69) is 11.4 Å².